The minimum atomic E-state index is -5.04. The summed E-state index contributed by atoms with van der Waals surface area (Å²) in [5.74, 6) is -0.226. The number of piperidine rings is 1. The van der Waals surface area contributed by atoms with Crippen molar-refractivity contribution < 1.29 is 45.4 Å². The lowest BCUT2D eigenvalue weighted by Gasteiger charge is -2.53. The molecule has 0 N–H and O–H groups in total. The smallest absolute Gasteiger partial charge is 0.416 e. The third-order valence-electron chi connectivity index (χ3n) is 9.07. The van der Waals surface area contributed by atoms with Gasteiger partial charge in [0, 0.05) is 13.0 Å². The zero-order valence-corrected chi connectivity index (χ0v) is 26.0. The van der Waals surface area contributed by atoms with Gasteiger partial charge in [-0.2, -0.15) is 31.6 Å². The molecule has 0 spiro atoms. The quantitative estimate of drug-likeness (QED) is 0.226. The van der Waals surface area contributed by atoms with Gasteiger partial charge in [0.05, 0.1) is 42.0 Å². The summed E-state index contributed by atoms with van der Waals surface area (Å²) >= 11 is 0. The largest absolute Gasteiger partial charge is 0.445 e. The number of halogens is 6. The highest BCUT2D eigenvalue weighted by atomic mass is 19.4. The minimum Gasteiger partial charge on any atom is -0.445 e. The van der Waals surface area contributed by atoms with Crippen molar-refractivity contribution in [2.75, 3.05) is 19.7 Å². The molecule has 0 saturated carbocycles. The zero-order valence-electron chi connectivity index (χ0n) is 26.0. The van der Waals surface area contributed by atoms with Gasteiger partial charge in [-0.05, 0) is 61.1 Å². The molecule has 2 heterocycles. The monoisotopic (exact) mass is 673 g/mol. The van der Waals surface area contributed by atoms with Crippen molar-refractivity contribution in [3.63, 3.8) is 0 Å². The van der Waals surface area contributed by atoms with Crippen LogP contribution in [0.25, 0.3) is 0 Å². The van der Waals surface area contributed by atoms with E-state index in [0.717, 1.165) is 0 Å². The second-order valence-corrected chi connectivity index (χ2v) is 12.1. The van der Waals surface area contributed by atoms with E-state index in [4.69, 9.17) is 9.47 Å². The Morgan fingerprint density at radius 1 is 0.938 bits per heavy atom. The Labute approximate surface area is 273 Å². The van der Waals surface area contributed by atoms with Crippen LogP contribution >= 0.6 is 0 Å². The Hall–Kier alpha value is -4.57. The number of carbonyl (C=O) groups is 2. The van der Waals surface area contributed by atoms with Gasteiger partial charge in [0.15, 0.2) is 0 Å². The molecule has 2 aliphatic rings. The van der Waals surface area contributed by atoms with Crippen LogP contribution in [0.4, 0.5) is 31.1 Å². The summed E-state index contributed by atoms with van der Waals surface area (Å²) in [6.07, 6.45) is -11.2. The summed E-state index contributed by atoms with van der Waals surface area (Å²) in [4.78, 5) is 29.7. The van der Waals surface area contributed by atoms with Gasteiger partial charge in [-0.25, -0.2) is 4.79 Å². The van der Waals surface area contributed by atoms with Crippen molar-refractivity contribution in [1.29, 1.82) is 5.26 Å². The van der Waals surface area contributed by atoms with Gasteiger partial charge < -0.3 is 14.4 Å². The van der Waals surface area contributed by atoms with Gasteiger partial charge in [0.25, 0.3) is 0 Å². The topological polar surface area (TPSA) is 82.9 Å². The number of hydrogen-bond donors (Lipinski definition) is 0. The van der Waals surface area contributed by atoms with Gasteiger partial charge in [-0.1, -0.05) is 60.7 Å². The van der Waals surface area contributed by atoms with E-state index in [1.165, 1.54) is 16.7 Å². The average Bonchev–Trinajstić information content (AvgIpc) is 3.52. The van der Waals surface area contributed by atoms with Crippen molar-refractivity contribution in [3.05, 3.63) is 107 Å². The van der Waals surface area contributed by atoms with Crippen molar-refractivity contribution in [2.45, 2.75) is 68.7 Å². The van der Waals surface area contributed by atoms with E-state index in [1.54, 1.807) is 60.7 Å². The fraction of sp³-hybridized carbons (Fsp3) is 0.400. The van der Waals surface area contributed by atoms with Gasteiger partial charge in [0.2, 0.25) is 5.91 Å². The lowest BCUT2D eigenvalue weighted by molar-refractivity contribution is -0.143. The molecule has 7 nitrogen and oxygen atoms in total. The number of alkyl halides is 6. The Balaban J connectivity index is 1.54. The summed E-state index contributed by atoms with van der Waals surface area (Å²) < 4.78 is 93.7. The summed E-state index contributed by atoms with van der Waals surface area (Å²) in [5.41, 5.74) is -4.84. The molecule has 1 unspecified atom stereocenters. The van der Waals surface area contributed by atoms with Crippen molar-refractivity contribution in [1.82, 2.24) is 9.80 Å². The summed E-state index contributed by atoms with van der Waals surface area (Å²) in [7, 11) is 0. The lowest BCUT2D eigenvalue weighted by atomic mass is 9.74. The fourth-order valence-electron chi connectivity index (χ4n) is 6.40. The Morgan fingerprint density at radius 3 is 2.08 bits per heavy atom. The number of hydrogen-bond acceptors (Lipinski definition) is 5. The van der Waals surface area contributed by atoms with E-state index in [9.17, 15) is 41.2 Å². The number of benzene rings is 3. The molecule has 2 saturated heterocycles. The molecule has 13 heteroatoms. The highest BCUT2D eigenvalue weighted by molar-refractivity contribution is 5.80. The molecule has 3 aromatic rings. The zero-order chi connectivity index (χ0) is 34.7. The van der Waals surface area contributed by atoms with E-state index in [0.29, 0.717) is 36.2 Å². The molecule has 2 fully saturated rings. The van der Waals surface area contributed by atoms with Crippen molar-refractivity contribution >= 4 is 12.0 Å². The van der Waals surface area contributed by atoms with E-state index in [2.05, 4.69) is 6.07 Å². The number of likely N-dealkylation sites (tertiary alicyclic amines) is 2. The number of amides is 2. The first-order valence-corrected chi connectivity index (χ1v) is 15.4. The number of rotatable bonds is 8. The van der Waals surface area contributed by atoms with Crippen LogP contribution in [0.1, 0.15) is 66.5 Å². The van der Waals surface area contributed by atoms with E-state index in [-0.39, 0.29) is 56.6 Å². The third kappa shape index (κ3) is 7.13. The maximum absolute atomic E-state index is 14.1. The average molecular weight is 674 g/mol. The van der Waals surface area contributed by atoms with Crippen LogP contribution in [0.5, 0.6) is 0 Å². The first-order chi connectivity index (χ1) is 22.7. The SMILES string of the molecule is C[C@@H](OC[C@@]1(c2ccccc2)CCC(C#N)(N2CCCC2=O)CN1C(=O)OCc1ccccc1)c1cc(C(F)(F)F)cc(C(F)(F)F)c1. The van der Waals surface area contributed by atoms with Crippen LogP contribution in [0.3, 0.4) is 0 Å². The summed E-state index contributed by atoms with van der Waals surface area (Å²) in [6, 6.07) is 21.0. The van der Waals surface area contributed by atoms with E-state index >= 15 is 0 Å². The molecule has 2 aliphatic heterocycles. The van der Waals surface area contributed by atoms with Crippen LogP contribution in [0, 0.1) is 11.3 Å². The molecule has 3 atom stereocenters. The first kappa shape index (κ1) is 34.8. The Bertz CT molecular complexity index is 1630. The van der Waals surface area contributed by atoms with Gasteiger partial charge in [-0.3, -0.25) is 9.69 Å². The second kappa shape index (κ2) is 13.5. The second-order valence-electron chi connectivity index (χ2n) is 12.1. The molecule has 0 aliphatic carbocycles. The van der Waals surface area contributed by atoms with Crippen molar-refractivity contribution in [2.24, 2.45) is 0 Å². The maximum Gasteiger partial charge on any atom is 0.416 e. The minimum absolute atomic E-state index is 0.0500. The van der Waals surface area contributed by atoms with Crippen LogP contribution in [0.15, 0.2) is 78.9 Å². The standard InChI is InChI=1S/C35H33F6N3O4/c1-24(26-17-28(34(36,37)38)19-29(18-26)35(39,40)41)48-23-33(27-11-6-3-7-12-27)15-14-32(21-42,43-16-8-13-30(43)45)22-44(33)31(46)47-20-25-9-4-2-5-10-25/h2-7,9-12,17-19,24H,8,13-16,20,22-23H2,1H3/t24-,32?,33-/m1/s1. The molecule has 2 amide bonds. The molecule has 0 radical (unpaired) electrons. The number of ether oxygens (including phenoxy) is 2. The molecule has 3 aromatic carbocycles. The predicted molar refractivity (Wildman–Crippen MR) is 161 cm³/mol. The Kier molecular flexibility index (Phi) is 9.78. The molecule has 0 aromatic heterocycles. The molecule has 5 rings (SSSR count). The van der Waals surface area contributed by atoms with Crippen LogP contribution in [0.2, 0.25) is 0 Å². The Morgan fingerprint density at radius 2 is 1.54 bits per heavy atom. The molecular formula is C35H33F6N3O4. The van der Waals surface area contributed by atoms with Crippen LogP contribution in [-0.4, -0.2) is 47.0 Å². The van der Waals surface area contributed by atoms with E-state index in [1.807, 2.05) is 0 Å². The van der Waals surface area contributed by atoms with Crippen LogP contribution < -0.4 is 0 Å². The molecule has 254 valence electrons. The summed E-state index contributed by atoms with van der Waals surface area (Å²) in [6.45, 7) is 0.897. The normalized spacial score (nSPS) is 22.3. The van der Waals surface area contributed by atoms with Crippen molar-refractivity contribution in [3.8, 4) is 6.07 Å². The van der Waals surface area contributed by atoms with E-state index < -0.39 is 46.8 Å². The number of carbonyl (C=O) groups excluding carboxylic acids is 2. The number of nitriles is 1. The molecule has 0 bridgehead atoms. The van der Waals surface area contributed by atoms with Gasteiger partial charge in [0.1, 0.15) is 12.1 Å². The predicted octanol–water partition coefficient (Wildman–Crippen LogP) is 8.01. The fourth-order valence-corrected chi connectivity index (χ4v) is 6.40. The number of nitrogens with zero attached hydrogens (tertiary/aromatic N) is 3. The van der Waals surface area contributed by atoms with Crippen LogP contribution in [-0.2, 0) is 38.8 Å². The van der Waals surface area contributed by atoms with Gasteiger partial charge in [-0.15, -0.1) is 0 Å². The highest BCUT2D eigenvalue weighted by Crippen LogP contribution is 2.46. The lowest BCUT2D eigenvalue weighted by Crippen LogP contribution is -2.66. The molecule has 48 heavy (non-hydrogen) atoms. The third-order valence-corrected chi connectivity index (χ3v) is 9.07. The maximum atomic E-state index is 14.1. The summed E-state index contributed by atoms with van der Waals surface area (Å²) in [5, 5.41) is 10.5. The first-order valence-electron chi connectivity index (χ1n) is 15.4. The molecular weight excluding hydrogens is 640 g/mol. The highest BCUT2D eigenvalue weighted by Gasteiger charge is 2.56. The van der Waals surface area contributed by atoms with Gasteiger partial charge >= 0.3 is 18.4 Å².